The lowest BCUT2D eigenvalue weighted by molar-refractivity contribution is 0.509. The molecule has 0 amide bonds. The predicted molar refractivity (Wildman–Crippen MR) is 81.9 cm³/mol. The van der Waals surface area contributed by atoms with Gasteiger partial charge in [-0.2, -0.15) is 0 Å². The average molecular weight is 302 g/mol. The zero-order chi connectivity index (χ0) is 14.8. The van der Waals surface area contributed by atoms with Crippen molar-refractivity contribution >= 4 is 22.2 Å². The first-order valence-electron chi connectivity index (χ1n) is 6.36. The Balaban J connectivity index is 1.84. The van der Waals surface area contributed by atoms with Crippen molar-refractivity contribution in [3.63, 3.8) is 0 Å². The molecule has 2 nitrogen and oxygen atoms in total. The Morgan fingerprint density at radius 3 is 2.67 bits per heavy atom. The standard InChI is InChI=1S/C16H12F2N2S/c1-10-3-2-4-12(7-10)19-16-20-15(9-21-16)11-5-6-13(17)14(18)8-11/h2-9H,1H3,(H,19,20). The van der Waals surface area contributed by atoms with Crippen LogP contribution in [0.25, 0.3) is 11.3 Å². The topological polar surface area (TPSA) is 24.9 Å². The SMILES string of the molecule is Cc1cccc(Nc2nc(-c3ccc(F)c(F)c3)cs2)c1. The summed E-state index contributed by atoms with van der Waals surface area (Å²) in [5.74, 6) is -1.72. The van der Waals surface area contributed by atoms with Crippen LogP contribution in [0.2, 0.25) is 0 Å². The van der Waals surface area contributed by atoms with Gasteiger partial charge >= 0.3 is 0 Å². The summed E-state index contributed by atoms with van der Waals surface area (Å²) in [6.45, 7) is 2.01. The Bertz CT molecular complexity index is 783. The maximum absolute atomic E-state index is 13.2. The highest BCUT2D eigenvalue weighted by Crippen LogP contribution is 2.28. The number of nitrogens with one attached hydrogen (secondary N) is 1. The fourth-order valence-electron chi connectivity index (χ4n) is 1.97. The van der Waals surface area contributed by atoms with E-state index < -0.39 is 11.6 Å². The fraction of sp³-hybridized carbons (Fsp3) is 0.0625. The summed E-state index contributed by atoms with van der Waals surface area (Å²) in [7, 11) is 0. The number of thiazole rings is 1. The first kappa shape index (κ1) is 13.7. The van der Waals surface area contributed by atoms with Crippen molar-refractivity contribution in [2.75, 3.05) is 5.32 Å². The van der Waals surface area contributed by atoms with Gasteiger partial charge < -0.3 is 5.32 Å². The van der Waals surface area contributed by atoms with Crippen LogP contribution in [0.15, 0.2) is 47.8 Å². The summed E-state index contributed by atoms with van der Waals surface area (Å²) in [5, 5.41) is 5.72. The fourth-order valence-corrected chi connectivity index (χ4v) is 2.71. The van der Waals surface area contributed by atoms with Gasteiger partial charge in [-0.3, -0.25) is 0 Å². The number of rotatable bonds is 3. The van der Waals surface area contributed by atoms with E-state index in [2.05, 4.69) is 10.3 Å². The summed E-state index contributed by atoms with van der Waals surface area (Å²) >= 11 is 1.42. The predicted octanol–water partition coefficient (Wildman–Crippen LogP) is 5.14. The van der Waals surface area contributed by atoms with Gasteiger partial charge in [-0.15, -0.1) is 11.3 Å². The van der Waals surface area contributed by atoms with Crippen molar-refractivity contribution in [3.8, 4) is 11.3 Å². The lowest BCUT2D eigenvalue weighted by Gasteiger charge is -2.03. The van der Waals surface area contributed by atoms with Gasteiger partial charge in [0.1, 0.15) is 0 Å². The van der Waals surface area contributed by atoms with E-state index >= 15 is 0 Å². The Hall–Kier alpha value is -2.27. The van der Waals surface area contributed by atoms with E-state index in [9.17, 15) is 8.78 Å². The molecule has 5 heteroatoms. The van der Waals surface area contributed by atoms with E-state index in [-0.39, 0.29) is 0 Å². The third kappa shape index (κ3) is 3.08. The van der Waals surface area contributed by atoms with Gasteiger partial charge in [-0.1, -0.05) is 12.1 Å². The van der Waals surface area contributed by atoms with Gasteiger partial charge in [0.15, 0.2) is 16.8 Å². The molecule has 0 fully saturated rings. The van der Waals surface area contributed by atoms with E-state index in [0.29, 0.717) is 16.4 Å². The van der Waals surface area contributed by atoms with Crippen molar-refractivity contribution in [1.82, 2.24) is 4.98 Å². The minimum absolute atomic E-state index is 0.558. The van der Waals surface area contributed by atoms with E-state index in [1.165, 1.54) is 17.4 Å². The third-order valence-corrected chi connectivity index (χ3v) is 3.75. The molecule has 0 saturated carbocycles. The molecular weight excluding hydrogens is 290 g/mol. The van der Waals surface area contributed by atoms with Crippen LogP contribution in [-0.4, -0.2) is 4.98 Å². The molecule has 3 rings (SSSR count). The van der Waals surface area contributed by atoms with Gasteiger partial charge in [0.05, 0.1) is 5.69 Å². The number of nitrogens with zero attached hydrogens (tertiary/aromatic N) is 1. The summed E-state index contributed by atoms with van der Waals surface area (Å²) in [6, 6.07) is 11.7. The monoisotopic (exact) mass is 302 g/mol. The largest absolute Gasteiger partial charge is 0.332 e. The highest BCUT2D eigenvalue weighted by atomic mass is 32.1. The van der Waals surface area contributed by atoms with E-state index in [4.69, 9.17) is 0 Å². The molecule has 2 aromatic carbocycles. The smallest absolute Gasteiger partial charge is 0.187 e. The van der Waals surface area contributed by atoms with Crippen molar-refractivity contribution in [3.05, 3.63) is 65.0 Å². The quantitative estimate of drug-likeness (QED) is 0.724. The van der Waals surface area contributed by atoms with Crippen molar-refractivity contribution in [2.45, 2.75) is 6.92 Å². The van der Waals surface area contributed by atoms with E-state index in [1.807, 2.05) is 36.6 Å². The maximum Gasteiger partial charge on any atom is 0.187 e. The van der Waals surface area contributed by atoms with Crippen molar-refractivity contribution < 1.29 is 8.78 Å². The van der Waals surface area contributed by atoms with Crippen molar-refractivity contribution in [2.24, 2.45) is 0 Å². The Labute approximate surface area is 125 Å². The molecule has 0 atom stereocenters. The molecule has 0 aliphatic carbocycles. The Morgan fingerprint density at radius 1 is 1.05 bits per heavy atom. The van der Waals surface area contributed by atoms with Crippen LogP contribution in [0.4, 0.5) is 19.6 Å². The number of aromatic nitrogens is 1. The van der Waals surface area contributed by atoms with Crippen LogP contribution in [0.5, 0.6) is 0 Å². The van der Waals surface area contributed by atoms with Crippen LogP contribution in [0.1, 0.15) is 5.56 Å². The van der Waals surface area contributed by atoms with Gasteiger partial charge in [0.2, 0.25) is 0 Å². The molecule has 0 spiro atoms. The summed E-state index contributed by atoms with van der Waals surface area (Å²) in [6.07, 6.45) is 0. The molecule has 21 heavy (non-hydrogen) atoms. The zero-order valence-corrected chi connectivity index (χ0v) is 12.0. The second kappa shape index (κ2) is 5.61. The van der Waals surface area contributed by atoms with Crippen LogP contribution >= 0.6 is 11.3 Å². The average Bonchev–Trinajstić information content (AvgIpc) is 2.90. The normalized spacial score (nSPS) is 10.6. The van der Waals surface area contributed by atoms with Gasteiger partial charge in [-0.25, -0.2) is 13.8 Å². The van der Waals surface area contributed by atoms with Gasteiger partial charge in [0.25, 0.3) is 0 Å². The summed E-state index contributed by atoms with van der Waals surface area (Å²) < 4.78 is 26.2. The Morgan fingerprint density at radius 2 is 1.90 bits per heavy atom. The van der Waals surface area contributed by atoms with E-state index in [0.717, 1.165) is 23.4 Å². The molecule has 3 aromatic rings. The highest BCUT2D eigenvalue weighted by molar-refractivity contribution is 7.14. The zero-order valence-electron chi connectivity index (χ0n) is 11.2. The molecule has 0 bridgehead atoms. The number of aryl methyl sites for hydroxylation is 1. The van der Waals surface area contributed by atoms with Crippen molar-refractivity contribution in [1.29, 1.82) is 0 Å². The number of hydrogen-bond acceptors (Lipinski definition) is 3. The second-order valence-electron chi connectivity index (χ2n) is 4.66. The van der Waals surface area contributed by atoms with Crippen LogP contribution < -0.4 is 5.32 Å². The number of hydrogen-bond donors (Lipinski definition) is 1. The van der Waals surface area contributed by atoms with Gasteiger partial charge in [0, 0.05) is 16.6 Å². The first-order chi connectivity index (χ1) is 10.1. The minimum Gasteiger partial charge on any atom is -0.332 e. The lowest BCUT2D eigenvalue weighted by Crippen LogP contribution is -1.90. The summed E-state index contributed by atoms with van der Waals surface area (Å²) in [5.41, 5.74) is 3.27. The molecule has 0 radical (unpaired) electrons. The highest BCUT2D eigenvalue weighted by Gasteiger charge is 2.08. The molecule has 0 saturated heterocycles. The molecule has 0 aliphatic rings. The number of anilines is 2. The maximum atomic E-state index is 13.2. The lowest BCUT2D eigenvalue weighted by atomic mass is 10.2. The molecule has 1 aromatic heterocycles. The molecule has 0 unspecified atom stereocenters. The van der Waals surface area contributed by atoms with E-state index in [1.54, 1.807) is 0 Å². The number of benzene rings is 2. The minimum atomic E-state index is -0.867. The first-order valence-corrected chi connectivity index (χ1v) is 7.24. The van der Waals surface area contributed by atoms with Crippen LogP contribution in [0.3, 0.4) is 0 Å². The van der Waals surface area contributed by atoms with Gasteiger partial charge in [-0.05, 0) is 42.8 Å². The van der Waals surface area contributed by atoms with Crippen LogP contribution in [0, 0.1) is 18.6 Å². The molecular formula is C16H12F2N2S. The second-order valence-corrected chi connectivity index (χ2v) is 5.52. The molecule has 1 N–H and O–H groups in total. The summed E-state index contributed by atoms with van der Waals surface area (Å²) in [4.78, 5) is 4.39. The third-order valence-electron chi connectivity index (χ3n) is 2.99. The van der Waals surface area contributed by atoms with Crippen LogP contribution in [-0.2, 0) is 0 Å². The molecule has 106 valence electrons. The molecule has 0 aliphatic heterocycles. The molecule has 1 heterocycles. The number of halogens is 2. The Kier molecular flexibility index (Phi) is 3.66.